The van der Waals surface area contributed by atoms with Crippen LogP contribution in [0.5, 0.6) is 5.75 Å². The summed E-state index contributed by atoms with van der Waals surface area (Å²) >= 11 is 5.13. The van der Waals surface area contributed by atoms with Crippen molar-refractivity contribution in [1.82, 2.24) is 5.32 Å². The predicted molar refractivity (Wildman–Crippen MR) is 89.9 cm³/mol. The SMILES string of the molecule is Cc1ccc(OC(C)C(=O)NCc2ccc(C)s2)c(Br)c1. The van der Waals surface area contributed by atoms with Gasteiger partial charge in [-0.2, -0.15) is 0 Å². The second-order valence-electron chi connectivity index (χ2n) is 4.92. The molecule has 0 bridgehead atoms. The minimum absolute atomic E-state index is 0.117. The molecule has 21 heavy (non-hydrogen) atoms. The zero-order valence-corrected chi connectivity index (χ0v) is 14.7. The van der Waals surface area contributed by atoms with Crippen molar-refractivity contribution in [2.75, 3.05) is 0 Å². The Bertz CT molecular complexity index is 639. The van der Waals surface area contributed by atoms with E-state index >= 15 is 0 Å². The van der Waals surface area contributed by atoms with Crippen LogP contribution in [0.1, 0.15) is 22.2 Å². The first-order valence-electron chi connectivity index (χ1n) is 6.71. The number of amides is 1. The third-order valence-electron chi connectivity index (χ3n) is 2.99. The number of rotatable bonds is 5. The molecule has 112 valence electrons. The summed E-state index contributed by atoms with van der Waals surface area (Å²) < 4.78 is 6.56. The van der Waals surface area contributed by atoms with Crippen LogP contribution in [0.25, 0.3) is 0 Å². The molecule has 1 atom stereocenters. The fraction of sp³-hybridized carbons (Fsp3) is 0.312. The maximum atomic E-state index is 12.1. The minimum atomic E-state index is -0.537. The molecule has 0 spiro atoms. The highest BCUT2D eigenvalue weighted by Crippen LogP contribution is 2.26. The second-order valence-corrected chi connectivity index (χ2v) is 7.15. The average Bonchev–Trinajstić information content (AvgIpc) is 2.85. The molecular weight excluding hydrogens is 350 g/mol. The molecule has 1 unspecified atom stereocenters. The van der Waals surface area contributed by atoms with Gasteiger partial charge in [-0.3, -0.25) is 4.79 Å². The normalized spacial score (nSPS) is 12.0. The number of ether oxygens (including phenoxy) is 1. The van der Waals surface area contributed by atoms with Crippen LogP contribution >= 0.6 is 27.3 Å². The summed E-state index contributed by atoms with van der Waals surface area (Å²) in [5.74, 6) is 0.559. The van der Waals surface area contributed by atoms with E-state index in [0.29, 0.717) is 12.3 Å². The van der Waals surface area contributed by atoms with Gasteiger partial charge in [0.05, 0.1) is 11.0 Å². The molecule has 3 nitrogen and oxygen atoms in total. The Kier molecular flexibility index (Phi) is 5.42. The van der Waals surface area contributed by atoms with Gasteiger partial charge in [0.15, 0.2) is 6.10 Å². The van der Waals surface area contributed by atoms with Gasteiger partial charge in [-0.25, -0.2) is 0 Å². The Balaban J connectivity index is 1.90. The molecule has 1 aromatic carbocycles. The summed E-state index contributed by atoms with van der Waals surface area (Å²) in [5.41, 5.74) is 1.14. The molecule has 0 fully saturated rings. The topological polar surface area (TPSA) is 38.3 Å². The van der Waals surface area contributed by atoms with Gasteiger partial charge in [0.2, 0.25) is 0 Å². The lowest BCUT2D eigenvalue weighted by Crippen LogP contribution is -2.35. The molecule has 5 heteroatoms. The molecule has 0 radical (unpaired) electrons. The summed E-state index contributed by atoms with van der Waals surface area (Å²) in [6.07, 6.45) is -0.537. The lowest BCUT2D eigenvalue weighted by molar-refractivity contribution is -0.127. The smallest absolute Gasteiger partial charge is 0.261 e. The molecule has 0 saturated carbocycles. The van der Waals surface area contributed by atoms with Crippen LogP contribution < -0.4 is 10.1 Å². The fourth-order valence-electron chi connectivity index (χ4n) is 1.84. The fourth-order valence-corrected chi connectivity index (χ4v) is 3.26. The summed E-state index contributed by atoms with van der Waals surface area (Å²) in [6, 6.07) is 9.87. The van der Waals surface area contributed by atoms with Crippen molar-refractivity contribution in [3.05, 3.63) is 50.1 Å². The molecule has 2 rings (SSSR count). The number of aryl methyl sites for hydroxylation is 2. The Labute approximate surface area is 137 Å². The van der Waals surface area contributed by atoms with E-state index in [0.717, 1.165) is 14.9 Å². The van der Waals surface area contributed by atoms with E-state index in [4.69, 9.17) is 4.74 Å². The van der Waals surface area contributed by atoms with E-state index in [9.17, 15) is 4.79 Å². The highest BCUT2D eigenvalue weighted by Gasteiger charge is 2.15. The van der Waals surface area contributed by atoms with Crippen molar-refractivity contribution in [3.63, 3.8) is 0 Å². The molecule has 0 aliphatic rings. The first-order chi connectivity index (χ1) is 9.95. The summed E-state index contributed by atoms with van der Waals surface area (Å²) in [5, 5.41) is 2.89. The van der Waals surface area contributed by atoms with Gasteiger partial charge in [0.1, 0.15) is 5.75 Å². The highest BCUT2D eigenvalue weighted by atomic mass is 79.9. The van der Waals surface area contributed by atoms with E-state index < -0.39 is 6.10 Å². The van der Waals surface area contributed by atoms with E-state index in [1.807, 2.05) is 31.2 Å². The maximum absolute atomic E-state index is 12.1. The molecule has 1 N–H and O–H groups in total. The van der Waals surface area contributed by atoms with Crippen LogP contribution in [0.2, 0.25) is 0 Å². The Morgan fingerprint density at radius 1 is 1.33 bits per heavy atom. The molecule has 2 aromatic rings. The summed E-state index contributed by atoms with van der Waals surface area (Å²) in [6.45, 7) is 6.35. The first-order valence-corrected chi connectivity index (χ1v) is 8.32. The van der Waals surface area contributed by atoms with Crippen molar-refractivity contribution in [2.45, 2.75) is 33.4 Å². The van der Waals surface area contributed by atoms with E-state index in [2.05, 4.69) is 34.2 Å². The number of carbonyl (C=O) groups is 1. The molecule has 1 aromatic heterocycles. The van der Waals surface area contributed by atoms with Crippen LogP contribution in [0.4, 0.5) is 0 Å². The van der Waals surface area contributed by atoms with Gasteiger partial charge < -0.3 is 10.1 Å². The van der Waals surface area contributed by atoms with Crippen molar-refractivity contribution in [3.8, 4) is 5.75 Å². The third-order valence-corrected chi connectivity index (χ3v) is 4.61. The van der Waals surface area contributed by atoms with Gasteiger partial charge in [-0.1, -0.05) is 6.07 Å². The maximum Gasteiger partial charge on any atom is 0.261 e. The van der Waals surface area contributed by atoms with Gasteiger partial charge in [0.25, 0.3) is 5.91 Å². The number of thiophene rings is 1. The van der Waals surface area contributed by atoms with Gasteiger partial charge in [0, 0.05) is 9.75 Å². The Morgan fingerprint density at radius 2 is 2.10 bits per heavy atom. The van der Waals surface area contributed by atoms with Crippen molar-refractivity contribution in [1.29, 1.82) is 0 Å². The van der Waals surface area contributed by atoms with Crippen LogP contribution in [-0.4, -0.2) is 12.0 Å². The molecule has 1 amide bonds. The lowest BCUT2D eigenvalue weighted by Gasteiger charge is -2.15. The highest BCUT2D eigenvalue weighted by molar-refractivity contribution is 9.10. The third kappa shape index (κ3) is 4.58. The molecule has 1 heterocycles. The number of hydrogen-bond acceptors (Lipinski definition) is 3. The van der Waals surface area contributed by atoms with Crippen LogP contribution in [0.15, 0.2) is 34.8 Å². The van der Waals surface area contributed by atoms with Gasteiger partial charge >= 0.3 is 0 Å². The number of carbonyl (C=O) groups excluding carboxylic acids is 1. The zero-order valence-electron chi connectivity index (χ0n) is 12.3. The standard InChI is InChI=1S/C16H18BrNO2S/c1-10-4-7-15(14(17)8-10)20-12(3)16(19)18-9-13-6-5-11(2)21-13/h4-8,12H,9H2,1-3H3,(H,18,19). The second kappa shape index (κ2) is 7.09. The number of nitrogens with one attached hydrogen (secondary N) is 1. The number of hydrogen-bond donors (Lipinski definition) is 1. The quantitative estimate of drug-likeness (QED) is 0.859. The number of benzene rings is 1. The summed E-state index contributed by atoms with van der Waals surface area (Å²) in [7, 11) is 0. The lowest BCUT2D eigenvalue weighted by atomic mass is 10.2. The zero-order chi connectivity index (χ0) is 15.4. The van der Waals surface area contributed by atoms with Crippen molar-refractivity contribution in [2.24, 2.45) is 0 Å². The monoisotopic (exact) mass is 367 g/mol. The largest absolute Gasteiger partial charge is 0.480 e. The molecular formula is C16H18BrNO2S. The Hall–Kier alpha value is -1.33. The van der Waals surface area contributed by atoms with Crippen molar-refractivity contribution < 1.29 is 9.53 Å². The number of halogens is 1. The van der Waals surface area contributed by atoms with E-state index in [-0.39, 0.29) is 5.91 Å². The average molecular weight is 368 g/mol. The van der Waals surface area contributed by atoms with E-state index in [1.165, 1.54) is 4.88 Å². The van der Waals surface area contributed by atoms with Crippen LogP contribution in [-0.2, 0) is 11.3 Å². The van der Waals surface area contributed by atoms with Crippen LogP contribution in [0, 0.1) is 13.8 Å². The van der Waals surface area contributed by atoms with Crippen LogP contribution in [0.3, 0.4) is 0 Å². The molecule has 0 aliphatic heterocycles. The predicted octanol–water partition coefficient (Wildman–Crippen LogP) is 4.21. The van der Waals surface area contributed by atoms with Crippen molar-refractivity contribution >= 4 is 33.2 Å². The van der Waals surface area contributed by atoms with Gasteiger partial charge in [-0.05, 0) is 66.5 Å². The Morgan fingerprint density at radius 3 is 2.71 bits per heavy atom. The summed E-state index contributed by atoms with van der Waals surface area (Å²) in [4.78, 5) is 14.4. The first kappa shape index (κ1) is 16.0. The van der Waals surface area contributed by atoms with E-state index in [1.54, 1.807) is 18.3 Å². The minimum Gasteiger partial charge on any atom is -0.480 e. The van der Waals surface area contributed by atoms with Gasteiger partial charge in [-0.15, -0.1) is 11.3 Å². The molecule has 0 saturated heterocycles. The molecule has 0 aliphatic carbocycles.